The van der Waals surface area contributed by atoms with Gasteiger partial charge < -0.3 is 25.8 Å². The number of likely N-dealkylation sites (N-methyl/N-ethyl adjacent to an activating group) is 1. The molecule has 0 bridgehead atoms. The van der Waals surface area contributed by atoms with E-state index in [4.69, 9.17) is 4.74 Å². The summed E-state index contributed by atoms with van der Waals surface area (Å²) in [6.07, 6.45) is 3.41. The Hall–Kier alpha value is -2.28. The zero-order valence-corrected chi connectivity index (χ0v) is 16.3. The van der Waals surface area contributed by atoms with E-state index < -0.39 is 0 Å². The number of amides is 1. The van der Waals surface area contributed by atoms with Crippen LogP contribution in [0.25, 0.3) is 0 Å². The van der Waals surface area contributed by atoms with Crippen molar-refractivity contribution < 1.29 is 14.6 Å². The van der Waals surface area contributed by atoms with Crippen molar-refractivity contribution in [1.82, 2.24) is 16.0 Å². The highest BCUT2D eigenvalue weighted by Gasteiger charge is 2.19. The van der Waals surface area contributed by atoms with Crippen LogP contribution in [0, 0.1) is 0 Å². The Morgan fingerprint density at radius 3 is 2.63 bits per heavy atom. The van der Waals surface area contributed by atoms with Crippen LogP contribution in [0.4, 0.5) is 0 Å². The van der Waals surface area contributed by atoms with E-state index in [1.807, 2.05) is 38.1 Å². The number of benzene rings is 1. The number of ether oxygens (including phenoxy) is 1. The summed E-state index contributed by atoms with van der Waals surface area (Å²) in [4.78, 5) is 16.2. The van der Waals surface area contributed by atoms with Gasteiger partial charge in [0.05, 0.1) is 12.6 Å². The molecule has 1 aliphatic rings. The lowest BCUT2D eigenvalue weighted by atomic mass is 9.93. The van der Waals surface area contributed by atoms with E-state index >= 15 is 0 Å². The molecule has 0 radical (unpaired) electrons. The van der Waals surface area contributed by atoms with Gasteiger partial charge in [-0.1, -0.05) is 12.1 Å². The molecule has 0 unspecified atom stereocenters. The number of aliphatic imine (C=N–C) groups is 1. The first-order chi connectivity index (χ1) is 13.1. The number of nitrogens with zero attached hydrogens (tertiary/aromatic N) is 1. The topological polar surface area (TPSA) is 95.0 Å². The fraction of sp³-hybridized carbons (Fsp3) is 0.600. The summed E-state index contributed by atoms with van der Waals surface area (Å²) in [5, 5.41) is 19.1. The third-order valence-corrected chi connectivity index (χ3v) is 4.44. The number of hydrogen-bond acceptors (Lipinski definition) is 4. The molecule has 1 fully saturated rings. The molecule has 27 heavy (non-hydrogen) atoms. The summed E-state index contributed by atoms with van der Waals surface area (Å²) in [5.41, 5.74) is 1.01. The normalized spacial score (nSPS) is 20.0. The largest absolute Gasteiger partial charge is 0.484 e. The average Bonchev–Trinajstić information content (AvgIpc) is 2.67. The number of nitrogens with one attached hydrogen (secondary N) is 3. The van der Waals surface area contributed by atoms with Crippen LogP contribution in [-0.2, 0) is 11.3 Å². The molecule has 4 N–H and O–H groups in total. The highest BCUT2D eigenvalue weighted by Crippen LogP contribution is 2.18. The molecule has 1 aromatic carbocycles. The van der Waals surface area contributed by atoms with Crippen LogP contribution in [0.15, 0.2) is 29.3 Å². The molecule has 0 heterocycles. The van der Waals surface area contributed by atoms with Gasteiger partial charge in [0.2, 0.25) is 0 Å². The third-order valence-electron chi connectivity index (χ3n) is 4.44. The van der Waals surface area contributed by atoms with Gasteiger partial charge in [0.15, 0.2) is 12.6 Å². The van der Waals surface area contributed by atoms with Gasteiger partial charge in [0.25, 0.3) is 5.91 Å². The number of aliphatic hydroxyl groups excluding tert-OH is 1. The van der Waals surface area contributed by atoms with Gasteiger partial charge in [-0.3, -0.25) is 4.79 Å². The van der Waals surface area contributed by atoms with Crippen molar-refractivity contribution in [2.45, 2.75) is 58.2 Å². The van der Waals surface area contributed by atoms with E-state index in [2.05, 4.69) is 20.9 Å². The van der Waals surface area contributed by atoms with Gasteiger partial charge in [-0.2, -0.15) is 0 Å². The fourth-order valence-electron chi connectivity index (χ4n) is 3.03. The van der Waals surface area contributed by atoms with Crippen molar-refractivity contribution >= 4 is 11.9 Å². The van der Waals surface area contributed by atoms with Crippen LogP contribution >= 0.6 is 0 Å². The average molecular weight is 377 g/mol. The predicted octanol–water partition coefficient (Wildman–Crippen LogP) is 1.56. The summed E-state index contributed by atoms with van der Waals surface area (Å²) < 4.78 is 5.53. The Bertz CT molecular complexity index is 613. The smallest absolute Gasteiger partial charge is 0.257 e. The molecule has 7 nitrogen and oxygen atoms in total. The zero-order valence-electron chi connectivity index (χ0n) is 16.3. The molecule has 0 atom stereocenters. The molecule has 7 heteroatoms. The molecular weight excluding hydrogens is 344 g/mol. The van der Waals surface area contributed by atoms with E-state index in [0.29, 0.717) is 24.9 Å². The predicted molar refractivity (Wildman–Crippen MR) is 107 cm³/mol. The first-order valence-corrected chi connectivity index (χ1v) is 9.82. The monoisotopic (exact) mass is 376 g/mol. The highest BCUT2D eigenvalue weighted by atomic mass is 16.5. The van der Waals surface area contributed by atoms with Crippen LogP contribution in [0.3, 0.4) is 0 Å². The Balaban J connectivity index is 1.90. The molecule has 1 aliphatic carbocycles. The first-order valence-electron chi connectivity index (χ1n) is 9.82. The van der Waals surface area contributed by atoms with Gasteiger partial charge in [-0.15, -0.1) is 0 Å². The minimum atomic E-state index is -0.162. The minimum absolute atomic E-state index is 0.0122. The molecule has 1 saturated carbocycles. The summed E-state index contributed by atoms with van der Waals surface area (Å²) >= 11 is 0. The molecule has 2 rings (SSSR count). The lowest BCUT2D eigenvalue weighted by Crippen LogP contribution is -2.45. The van der Waals surface area contributed by atoms with Gasteiger partial charge >= 0.3 is 0 Å². The highest BCUT2D eigenvalue weighted by molar-refractivity contribution is 5.80. The Labute approximate surface area is 161 Å². The van der Waals surface area contributed by atoms with E-state index in [0.717, 1.165) is 43.8 Å². The second kappa shape index (κ2) is 11.4. The number of carbonyl (C=O) groups excluding carboxylic acids is 1. The van der Waals surface area contributed by atoms with E-state index in [-0.39, 0.29) is 18.6 Å². The first kappa shape index (κ1) is 21.0. The lowest BCUT2D eigenvalue weighted by molar-refractivity contribution is -0.122. The van der Waals surface area contributed by atoms with Crippen molar-refractivity contribution in [2.75, 3.05) is 19.7 Å². The van der Waals surface area contributed by atoms with Gasteiger partial charge in [0.1, 0.15) is 5.75 Å². The SMILES string of the molecule is CCNC(=O)COc1cccc(CN=C(NCC)NC2CCC(O)CC2)c1. The van der Waals surface area contributed by atoms with Crippen LogP contribution in [0.2, 0.25) is 0 Å². The number of hydrogen-bond donors (Lipinski definition) is 4. The molecular formula is C20H32N4O3. The van der Waals surface area contributed by atoms with Crippen molar-refractivity contribution in [2.24, 2.45) is 4.99 Å². The molecule has 0 aromatic heterocycles. The van der Waals surface area contributed by atoms with Gasteiger partial charge in [-0.25, -0.2) is 4.99 Å². The van der Waals surface area contributed by atoms with Crippen LogP contribution in [0.1, 0.15) is 45.1 Å². The van der Waals surface area contributed by atoms with Crippen molar-refractivity contribution in [3.05, 3.63) is 29.8 Å². The van der Waals surface area contributed by atoms with Crippen molar-refractivity contribution in [1.29, 1.82) is 0 Å². The molecule has 1 amide bonds. The standard InChI is InChI=1S/C20H32N4O3/c1-3-21-19(26)14-27-18-7-5-6-15(12-18)13-23-20(22-4-2)24-16-8-10-17(25)11-9-16/h5-7,12,16-17,25H,3-4,8-11,13-14H2,1-2H3,(H,21,26)(H2,22,23,24). The molecule has 0 aliphatic heterocycles. The quantitative estimate of drug-likeness (QED) is 0.408. The number of rotatable bonds is 8. The number of guanidine groups is 1. The molecule has 0 spiro atoms. The second-order valence-electron chi connectivity index (χ2n) is 6.73. The Morgan fingerprint density at radius 1 is 1.19 bits per heavy atom. The second-order valence-corrected chi connectivity index (χ2v) is 6.73. The molecule has 0 saturated heterocycles. The van der Waals surface area contributed by atoms with Gasteiger partial charge in [-0.05, 0) is 57.2 Å². The Kier molecular flexibility index (Phi) is 8.91. The zero-order chi connectivity index (χ0) is 19.5. The minimum Gasteiger partial charge on any atom is -0.484 e. The summed E-state index contributed by atoms with van der Waals surface area (Å²) in [6, 6.07) is 7.98. The maximum Gasteiger partial charge on any atom is 0.257 e. The van der Waals surface area contributed by atoms with Crippen LogP contribution in [-0.4, -0.2) is 48.8 Å². The van der Waals surface area contributed by atoms with Gasteiger partial charge in [0, 0.05) is 19.1 Å². The van der Waals surface area contributed by atoms with Crippen molar-refractivity contribution in [3.8, 4) is 5.75 Å². The maximum absolute atomic E-state index is 11.5. The number of carbonyl (C=O) groups is 1. The summed E-state index contributed by atoms with van der Waals surface area (Å²) in [7, 11) is 0. The van der Waals surface area contributed by atoms with Crippen molar-refractivity contribution in [3.63, 3.8) is 0 Å². The van der Waals surface area contributed by atoms with E-state index in [1.165, 1.54) is 0 Å². The maximum atomic E-state index is 11.5. The van der Waals surface area contributed by atoms with E-state index in [1.54, 1.807) is 0 Å². The van der Waals surface area contributed by atoms with E-state index in [9.17, 15) is 9.90 Å². The van der Waals surface area contributed by atoms with Crippen LogP contribution in [0.5, 0.6) is 5.75 Å². The lowest BCUT2D eigenvalue weighted by Gasteiger charge is -2.27. The summed E-state index contributed by atoms with van der Waals surface area (Å²) in [5.74, 6) is 1.32. The molecule has 1 aromatic rings. The molecule has 150 valence electrons. The number of aliphatic hydroxyl groups is 1. The third kappa shape index (κ3) is 7.86. The van der Waals surface area contributed by atoms with Crippen LogP contribution < -0.4 is 20.7 Å². The Morgan fingerprint density at radius 2 is 1.93 bits per heavy atom. The fourth-order valence-corrected chi connectivity index (χ4v) is 3.03. The summed E-state index contributed by atoms with van der Waals surface area (Å²) in [6.45, 7) is 5.83.